The van der Waals surface area contributed by atoms with Crippen LogP contribution in [0, 0.1) is 5.82 Å². The highest BCUT2D eigenvalue weighted by atomic mass is 19.4. The van der Waals surface area contributed by atoms with Crippen LogP contribution in [-0.2, 0) is 6.54 Å². The van der Waals surface area contributed by atoms with E-state index in [0.717, 1.165) is 29.8 Å². The van der Waals surface area contributed by atoms with Gasteiger partial charge in [-0.3, -0.25) is 4.68 Å². The zero-order valence-electron chi connectivity index (χ0n) is 21.0. The zero-order valence-corrected chi connectivity index (χ0v) is 21.0. The van der Waals surface area contributed by atoms with Crippen molar-refractivity contribution >= 4 is 17.3 Å². The molecule has 39 heavy (non-hydrogen) atoms. The van der Waals surface area contributed by atoms with Gasteiger partial charge in [0.2, 0.25) is 0 Å². The fourth-order valence-electron chi connectivity index (χ4n) is 4.57. The molecule has 13 heteroatoms. The Labute approximate surface area is 221 Å². The van der Waals surface area contributed by atoms with Gasteiger partial charge >= 0.3 is 6.18 Å². The Kier molecular flexibility index (Phi) is 7.33. The standard InChI is InChI=1S/C26H26F4N8O/c1-39-21-6-2-5-19(27)24(21)25-32-8-7-22(36-25)35-23-10-20(37-9-3-4-17(31)14-37)18(12-33-23)16-11-34-38(13-16)15-26(28,29)30/h2,5-8,10-13,17H,3-4,9,14-15,31H2,1H3,(H,32,33,35,36)/t17-/m0/s1. The van der Waals surface area contributed by atoms with Crippen molar-refractivity contribution in [2.45, 2.75) is 31.6 Å². The van der Waals surface area contributed by atoms with E-state index >= 15 is 0 Å². The molecule has 3 N–H and O–H groups in total. The van der Waals surface area contributed by atoms with Crippen molar-refractivity contribution in [3.8, 4) is 28.3 Å². The molecule has 4 heterocycles. The average molecular weight is 543 g/mol. The Balaban J connectivity index is 1.48. The summed E-state index contributed by atoms with van der Waals surface area (Å²) in [5.41, 5.74) is 8.23. The van der Waals surface area contributed by atoms with Crippen LogP contribution in [0.5, 0.6) is 5.75 Å². The number of aromatic nitrogens is 5. The van der Waals surface area contributed by atoms with Crippen LogP contribution < -0.4 is 20.7 Å². The van der Waals surface area contributed by atoms with E-state index in [4.69, 9.17) is 10.5 Å². The lowest BCUT2D eigenvalue weighted by molar-refractivity contribution is -0.142. The number of hydrogen-bond acceptors (Lipinski definition) is 8. The molecule has 1 saturated heterocycles. The van der Waals surface area contributed by atoms with E-state index in [9.17, 15) is 17.6 Å². The summed E-state index contributed by atoms with van der Waals surface area (Å²) in [6.45, 7) is 0.121. The number of ether oxygens (including phenoxy) is 1. The Morgan fingerprint density at radius 3 is 2.77 bits per heavy atom. The van der Waals surface area contributed by atoms with Crippen molar-refractivity contribution in [1.82, 2.24) is 24.7 Å². The second-order valence-corrected chi connectivity index (χ2v) is 9.18. The van der Waals surface area contributed by atoms with Crippen LogP contribution >= 0.6 is 0 Å². The summed E-state index contributed by atoms with van der Waals surface area (Å²) in [5, 5.41) is 7.00. The van der Waals surface area contributed by atoms with Crippen LogP contribution in [0.25, 0.3) is 22.5 Å². The minimum absolute atomic E-state index is 0.0377. The maximum atomic E-state index is 14.6. The van der Waals surface area contributed by atoms with Crippen LogP contribution in [0.15, 0.2) is 55.1 Å². The van der Waals surface area contributed by atoms with Crippen molar-refractivity contribution in [2.24, 2.45) is 5.73 Å². The maximum Gasteiger partial charge on any atom is 0.408 e. The number of alkyl halides is 3. The molecule has 0 unspecified atom stereocenters. The average Bonchev–Trinajstić information content (AvgIpc) is 3.35. The number of nitrogens with zero attached hydrogens (tertiary/aromatic N) is 6. The summed E-state index contributed by atoms with van der Waals surface area (Å²) in [4.78, 5) is 15.2. The molecule has 0 saturated carbocycles. The number of methoxy groups -OCH3 is 1. The van der Waals surface area contributed by atoms with Gasteiger partial charge in [-0.2, -0.15) is 18.3 Å². The molecule has 1 fully saturated rings. The predicted octanol–water partition coefficient (Wildman–Crippen LogP) is 4.78. The first-order valence-corrected chi connectivity index (χ1v) is 12.2. The Bertz CT molecular complexity index is 1460. The molecule has 0 spiro atoms. The maximum absolute atomic E-state index is 14.6. The minimum Gasteiger partial charge on any atom is -0.496 e. The fourth-order valence-corrected chi connectivity index (χ4v) is 4.57. The highest BCUT2D eigenvalue weighted by Gasteiger charge is 2.29. The van der Waals surface area contributed by atoms with Gasteiger partial charge in [-0.25, -0.2) is 19.3 Å². The SMILES string of the molecule is COc1cccc(F)c1-c1nccc(Nc2cc(N3CCC[C@H](N)C3)c(-c3cnn(CC(F)(F)F)c3)cn2)n1. The molecule has 1 aliphatic heterocycles. The molecule has 0 radical (unpaired) electrons. The molecule has 0 amide bonds. The normalized spacial score (nSPS) is 15.8. The number of rotatable bonds is 7. The molecule has 1 aromatic carbocycles. The number of hydrogen-bond donors (Lipinski definition) is 2. The van der Waals surface area contributed by atoms with E-state index < -0.39 is 18.5 Å². The molecule has 0 bridgehead atoms. The summed E-state index contributed by atoms with van der Waals surface area (Å²) in [5.74, 6) is 0.699. The first kappa shape index (κ1) is 26.4. The van der Waals surface area contributed by atoms with E-state index in [1.165, 1.54) is 37.8 Å². The zero-order chi connectivity index (χ0) is 27.6. The van der Waals surface area contributed by atoms with Gasteiger partial charge in [0.15, 0.2) is 5.82 Å². The number of anilines is 3. The van der Waals surface area contributed by atoms with E-state index in [0.29, 0.717) is 35.1 Å². The quantitative estimate of drug-likeness (QED) is 0.321. The van der Waals surface area contributed by atoms with Gasteiger partial charge in [0.25, 0.3) is 0 Å². The predicted molar refractivity (Wildman–Crippen MR) is 138 cm³/mol. The molecule has 9 nitrogen and oxygen atoms in total. The molecule has 0 aliphatic carbocycles. The molecule has 204 valence electrons. The smallest absolute Gasteiger partial charge is 0.408 e. The highest BCUT2D eigenvalue weighted by Crippen LogP contribution is 2.35. The minimum atomic E-state index is -4.39. The number of pyridine rings is 1. The third kappa shape index (κ3) is 6.08. The van der Waals surface area contributed by atoms with Crippen molar-refractivity contribution < 1.29 is 22.3 Å². The van der Waals surface area contributed by atoms with Gasteiger partial charge in [-0.1, -0.05) is 6.07 Å². The second-order valence-electron chi connectivity index (χ2n) is 9.18. The van der Waals surface area contributed by atoms with Crippen molar-refractivity contribution in [3.63, 3.8) is 0 Å². The van der Waals surface area contributed by atoms with Gasteiger partial charge < -0.3 is 20.7 Å². The van der Waals surface area contributed by atoms with Gasteiger partial charge in [0, 0.05) is 60.6 Å². The van der Waals surface area contributed by atoms with E-state index in [-0.39, 0.29) is 17.4 Å². The summed E-state index contributed by atoms with van der Waals surface area (Å²) in [6.07, 6.45) is 3.18. The van der Waals surface area contributed by atoms with Crippen molar-refractivity contribution in [2.75, 3.05) is 30.4 Å². The van der Waals surface area contributed by atoms with Crippen molar-refractivity contribution in [3.05, 3.63) is 60.9 Å². The van der Waals surface area contributed by atoms with Crippen LogP contribution in [0.2, 0.25) is 0 Å². The first-order valence-electron chi connectivity index (χ1n) is 12.2. The van der Waals surface area contributed by atoms with E-state index in [1.54, 1.807) is 24.4 Å². The molecule has 3 aromatic heterocycles. The number of benzene rings is 1. The molecule has 1 aliphatic rings. The van der Waals surface area contributed by atoms with Crippen LogP contribution in [0.4, 0.5) is 34.9 Å². The molecular weight excluding hydrogens is 516 g/mol. The number of halogens is 4. The van der Waals surface area contributed by atoms with Gasteiger partial charge in [0.05, 0.1) is 18.9 Å². The molecule has 1 atom stereocenters. The lowest BCUT2D eigenvalue weighted by Gasteiger charge is -2.34. The van der Waals surface area contributed by atoms with Gasteiger partial charge in [0.1, 0.15) is 29.7 Å². The number of piperidine rings is 1. The summed E-state index contributed by atoms with van der Waals surface area (Å²) >= 11 is 0. The lowest BCUT2D eigenvalue weighted by Crippen LogP contribution is -2.43. The third-order valence-corrected chi connectivity index (χ3v) is 6.30. The topological polar surface area (TPSA) is 107 Å². The number of nitrogens with one attached hydrogen (secondary N) is 1. The lowest BCUT2D eigenvalue weighted by atomic mass is 10.0. The second kappa shape index (κ2) is 10.8. The van der Waals surface area contributed by atoms with E-state index in [2.05, 4.69) is 30.3 Å². The van der Waals surface area contributed by atoms with E-state index in [1.807, 2.05) is 0 Å². The van der Waals surface area contributed by atoms with Gasteiger partial charge in [-0.05, 0) is 31.0 Å². The fraction of sp³-hybridized carbons (Fsp3) is 0.308. The molecule has 4 aromatic rings. The Morgan fingerprint density at radius 1 is 1.15 bits per heavy atom. The van der Waals surface area contributed by atoms with Crippen molar-refractivity contribution in [1.29, 1.82) is 0 Å². The summed E-state index contributed by atoms with van der Waals surface area (Å²) < 4.78 is 59.4. The molecular formula is C26H26F4N8O. The molecule has 5 rings (SSSR count). The first-order chi connectivity index (χ1) is 18.7. The van der Waals surface area contributed by atoms with Crippen LogP contribution in [0.1, 0.15) is 12.8 Å². The van der Waals surface area contributed by atoms with Crippen LogP contribution in [0.3, 0.4) is 0 Å². The highest BCUT2D eigenvalue weighted by molar-refractivity contribution is 5.80. The Hall–Kier alpha value is -4.26. The number of nitrogens with two attached hydrogens (primary N) is 1. The Morgan fingerprint density at radius 2 is 2.00 bits per heavy atom. The van der Waals surface area contributed by atoms with Gasteiger partial charge in [-0.15, -0.1) is 0 Å². The third-order valence-electron chi connectivity index (χ3n) is 6.30. The van der Waals surface area contributed by atoms with Crippen LogP contribution in [-0.4, -0.2) is 57.1 Å². The summed E-state index contributed by atoms with van der Waals surface area (Å²) in [7, 11) is 1.44. The monoisotopic (exact) mass is 542 g/mol. The largest absolute Gasteiger partial charge is 0.496 e. The summed E-state index contributed by atoms with van der Waals surface area (Å²) in [6, 6.07) is 7.82.